The normalized spacial score (nSPS) is 18.9. The van der Waals surface area contributed by atoms with Gasteiger partial charge in [0.05, 0.1) is 17.6 Å². The van der Waals surface area contributed by atoms with Crippen LogP contribution in [-0.4, -0.2) is 32.1 Å². The summed E-state index contributed by atoms with van der Waals surface area (Å²) >= 11 is 0. The molecule has 1 aromatic carbocycles. The van der Waals surface area contributed by atoms with Gasteiger partial charge in [-0.1, -0.05) is 0 Å². The number of nitrogen functional groups attached to an aromatic ring is 1. The third-order valence-corrected chi connectivity index (χ3v) is 4.94. The van der Waals surface area contributed by atoms with Crippen molar-refractivity contribution in [3.63, 3.8) is 0 Å². The molecule has 1 fully saturated rings. The summed E-state index contributed by atoms with van der Waals surface area (Å²) < 4.78 is 28.5. The Morgan fingerprint density at radius 3 is 2.50 bits per heavy atom. The van der Waals surface area contributed by atoms with Gasteiger partial charge in [-0.05, 0) is 32.8 Å². The molecule has 112 valence electrons. The number of benzene rings is 1. The zero-order valence-electron chi connectivity index (χ0n) is 11.9. The number of rotatable bonds is 4. The fraction of sp³-hybridized carbons (Fsp3) is 0.571. The average Bonchev–Trinajstić information content (AvgIpc) is 2.30. The van der Waals surface area contributed by atoms with Crippen LogP contribution in [-0.2, 0) is 9.84 Å². The first-order chi connectivity index (χ1) is 9.34. The van der Waals surface area contributed by atoms with E-state index < -0.39 is 9.84 Å². The van der Waals surface area contributed by atoms with Crippen molar-refractivity contribution < 1.29 is 13.2 Å². The van der Waals surface area contributed by atoms with E-state index in [0.717, 1.165) is 11.4 Å². The van der Waals surface area contributed by atoms with E-state index in [4.69, 9.17) is 10.5 Å². The second-order valence-corrected chi connectivity index (χ2v) is 7.83. The van der Waals surface area contributed by atoms with Gasteiger partial charge >= 0.3 is 0 Å². The molecule has 5 nitrogen and oxygen atoms in total. The Kier molecular flexibility index (Phi) is 4.42. The summed E-state index contributed by atoms with van der Waals surface area (Å²) in [6.07, 6.45) is 1.36. The fourth-order valence-corrected chi connectivity index (χ4v) is 3.81. The monoisotopic (exact) mass is 298 g/mol. The minimum absolute atomic E-state index is 0.0875. The summed E-state index contributed by atoms with van der Waals surface area (Å²) in [4.78, 5) is 0. The van der Waals surface area contributed by atoms with Gasteiger partial charge < -0.3 is 15.8 Å². The second-order valence-electron chi connectivity index (χ2n) is 5.53. The number of nitrogens with one attached hydrogen (secondary N) is 1. The van der Waals surface area contributed by atoms with Crippen LogP contribution in [0.2, 0.25) is 0 Å². The van der Waals surface area contributed by atoms with Crippen LogP contribution in [0.5, 0.6) is 5.75 Å². The van der Waals surface area contributed by atoms with Crippen LogP contribution in [0.15, 0.2) is 18.2 Å². The molecule has 0 radical (unpaired) electrons. The third kappa shape index (κ3) is 4.30. The Morgan fingerprint density at radius 2 is 1.90 bits per heavy atom. The van der Waals surface area contributed by atoms with Crippen molar-refractivity contribution in [2.24, 2.45) is 0 Å². The summed E-state index contributed by atoms with van der Waals surface area (Å²) in [6, 6.07) is 5.71. The number of nitrogens with two attached hydrogens (primary N) is 1. The van der Waals surface area contributed by atoms with Gasteiger partial charge in [0.25, 0.3) is 0 Å². The van der Waals surface area contributed by atoms with Gasteiger partial charge in [0.15, 0.2) is 0 Å². The molecule has 0 amide bonds. The highest BCUT2D eigenvalue weighted by molar-refractivity contribution is 7.91. The molecule has 1 saturated heterocycles. The molecule has 1 aliphatic heterocycles. The standard InChI is InChI=1S/C14H22N2O3S/c1-10(2)19-14-8-11(15)7-13(9-14)16-12-3-5-20(17,18)6-4-12/h7-10,12,16H,3-6,15H2,1-2H3. The molecule has 0 unspecified atom stereocenters. The van der Waals surface area contributed by atoms with Crippen LogP contribution in [0.1, 0.15) is 26.7 Å². The lowest BCUT2D eigenvalue weighted by molar-refractivity contribution is 0.242. The lowest BCUT2D eigenvalue weighted by Gasteiger charge is -2.24. The molecule has 1 aromatic rings. The van der Waals surface area contributed by atoms with Crippen molar-refractivity contribution in [1.82, 2.24) is 0 Å². The molecule has 1 aliphatic rings. The molecule has 0 atom stereocenters. The number of anilines is 2. The van der Waals surface area contributed by atoms with E-state index in [2.05, 4.69) is 5.32 Å². The first-order valence-corrected chi connectivity index (χ1v) is 8.70. The van der Waals surface area contributed by atoms with Gasteiger partial charge in [-0.3, -0.25) is 0 Å². The van der Waals surface area contributed by atoms with Gasteiger partial charge in [-0.2, -0.15) is 0 Å². The Hall–Kier alpha value is -1.43. The maximum Gasteiger partial charge on any atom is 0.150 e. The van der Waals surface area contributed by atoms with Crippen LogP contribution >= 0.6 is 0 Å². The van der Waals surface area contributed by atoms with Crippen molar-refractivity contribution >= 4 is 21.2 Å². The molecule has 0 saturated carbocycles. The van der Waals surface area contributed by atoms with Gasteiger partial charge in [0.1, 0.15) is 15.6 Å². The van der Waals surface area contributed by atoms with Crippen LogP contribution in [0, 0.1) is 0 Å². The van der Waals surface area contributed by atoms with E-state index in [-0.39, 0.29) is 23.7 Å². The zero-order chi connectivity index (χ0) is 14.8. The van der Waals surface area contributed by atoms with Gasteiger partial charge in [-0.25, -0.2) is 8.42 Å². The Bertz CT molecular complexity index is 556. The molecule has 0 aromatic heterocycles. The minimum Gasteiger partial charge on any atom is -0.491 e. The average molecular weight is 298 g/mol. The molecule has 0 aliphatic carbocycles. The maximum absolute atomic E-state index is 11.4. The fourth-order valence-electron chi connectivity index (χ4n) is 2.32. The van der Waals surface area contributed by atoms with Crippen molar-refractivity contribution in [1.29, 1.82) is 0 Å². The van der Waals surface area contributed by atoms with Gasteiger partial charge in [-0.15, -0.1) is 0 Å². The van der Waals surface area contributed by atoms with Crippen LogP contribution in [0.25, 0.3) is 0 Å². The number of sulfone groups is 1. The predicted octanol–water partition coefficient (Wildman–Crippen LogP) is 2.05. The molecule has 0 spiro atoms. The summed E-state index contributed by atoms with van der Waals surface area (Å²) in [5, 5.41) is 3.35. The van der Waals surface area contributed by atoms with E-state index in [1.807, 2.05) is 26.0 Å². The molecule has 20 heavy (non-hydrogen) atoms. The smallest absolute Gasteiger partial charge is 0.150 e. The van der Waals surface area contributed by atoms with Gasteiger partial charge in [0.2, 0.25) is 0 Å². The van der Waals surface area contributed by atoms with E-state index in [9.17, 15) is 8.42 Å². The lowest BCUT2D eigenvalue weighted by Crippen LogP contribution is -2.32. The first kappa shape index (κ1) is 15.0. The van der Waals surface area contributed by atoms with E-state index in [1.165, 1.54) is 0 Å². The highest BCUT2D eigenvalue weighted by Gasteiger charge is 2.23. The molecule has 1 heterocycles. The number of hydrogen-bond acceptors (Lipinski definition) is 5. The highest BCUT2D eigenvalue weighted by atomic mass is 32.2. The lowest BCUT2D eigenvalue weighted by atomic mass is 10.1. The second kappa shape index (κ2) is 5.91. The van der Waals surface area contributed by atoms with Gasteiger partial charge in [0, 0.05) is 29.5 Å². The van der Waals surface area contributed by atoms with Crippen LogP contribution in [0.4, 0.5) is 11.4 Å². The predicted molar refractivity (Wildman–Crippen MR) is 81.9 cm³/mol. The van der Waals surface area contributed by atoms with E-state index in [0.29, 0.717) is 18.5 Å². The Morgan fingerprint density at radius 1 is 1.25 bits per heavy atom. The van der Waals surface area contributed by atoms with E-state index in [1.54, 1.807) is 6.07 Å². The molecule has 6 heteroatoms. The summed E-state index contributed by atoms with van der Waals surface area (Å²) in [5.41, 5.74) is 7.38. The first-order valence-electron chi connectivity index (χ1n) is 6.88. The summed E-state index contributed by atoms with van der Waals surface area (Å²) in [6.45, 7) is 3.92. The SMILES string of the molecule is CC(C)Oc1cc(N)cc(NC2CCS(=O)(=O)CC2)c1. The summed E-state index contributed by atoms with van der Waals surface area (Å²) in [5.74, 6) is 1.23. The molecule has 3 N–H and O–H groups in total. The summed E-state index contributed by atoms with van der Waals surface area (Å²) in [7, 11) is -2.83. The molecular formula is C14H22N2O3S. The maximum atomic E-state index is 11.4. The third-order valence-electron chi connectivity index (χ3n) is 3.23. The minimum atomic E-state index is -2.83. The molecule has 0 bridgehead atoms. The van der Waals surface area contributed by atoms with E-state index >= 15 is 0 Å². The van der Waals surface area contributed by atoms with Crippen molar-refractivity contribution in [2.75, 3.05) is 22.6 Å². The van der Waals surface area contributed by atoms with Crippen molar-refractivity contribution in [2.45, 2.75) is 38.8 Å². The Labute approximate surface area is 120 Å². The van der Waals surface area contributed by atoms with Crippen LogP contribution in [0.3, 0.4) is 0 Å². The highest BCUT2D eigenvalue weighted by Crippen LogP contribution is 2.25. The number of ether oxygens (including phenoxy) is 1. The van der Waals surface area contributed by atoms with Crippen molar-refractivity contribution in [3.05, 3.63) is 18.2 Å². The van der Waals surface area contributed by atoms with Crippen molar-refractivity contribution in [3.8, 4) is 5.75 Å². The van der Waals surface area contributed by atoms with Crippen LogP contribution < -0.4 is 15.8 Å². The number of hydrogen-bond donors (Lipinski definition) is 2. The topological polar surface area (TPSA) is 81.4 Å². The largest absolute Gasteiger partial charge is 0.491 e. The molecular weight excluding hydrogens is 276 g/mol. The Balaban J connectivity index is 2.04. The zero-order valence-corrected chi connectivity index (χ0v) is 12.7. The molecule has 2 rings (SSSR count). The quantitative estimate of drug-likeness (QED) is 0.831.